The van der Waals surface area contributed by atoms with Crippen molar-refractivity contribution in [2.24, 2.45) is 0 Å². The molecule has 2 aromatic carbocycles. The lowest BCUT2D eigenvalue weighted by Crippen LogP contribution is -2.41. The summed E-state index contributed by atoms with van der Waals surface area (Å²) in [5, 5.41) is 3.93. The van der Waals surface area contributed by atoms with E-state index in [4.69, 9.17) is 4.52 Å². The Labute approximate surface area is 163 Å². The second-order valence-corrected chi connectivity index (χ2v) is 6.43. The first-order valence-electron chi connectivity index (χ1n) is 9.13. The lowest BCUT2D eigenvalue weighted by atomic mass is 10.1. The molecule has 1 aromatic heterocycles. The fourth-order valence-electron chi connectivity index (χ4n) is 2.55. The number of amides is 2. The van der Waals surface area contributed by atoms with E-state index in [1.165, 1.54) is 0 Å². The van der Waals surface area contributed by atoms with Gasteiger partial charge in [0.15, 0.2) is 0 Å². The molecule has 0 saturated heterocycles. The monoisotopic (exact) mass is 378 g/mol. The van der Waals surface area contributed by atoms with Gasteiger partial charge in [-0.25, -0.2) is 0 Å². The number of rotatable bonds is 6. The second kappa shape index (κ2) is 8.94. The van der Waals surface area contributed by atoms with Crippen LogP contribution in [0.3, 0.4) is 0 Å². The Hall–Kier alpha value is -3.48. The average Bonchev–Trinajstić information content (AvgIpc) is 3.20. The van der Waals surface area contributed by atoms with E-state index >= 15 is 0 Å². The normalized spacial score (nSPS) is 10.5. The van der Waals surface area contributed by atoms with E-state index in [2.05, 4.69) is 21.0 Å². The summed E-state index contributed by atoms with van der Waals surface area (Å²) in [7, 11) is 0. The van der Waals surface area contributed by atoms with Crippen LogP contribution in [0.15, 0.2) is 53.1 Å². The molecule has 7 heteroatoms. The van der Waals surface area contributed by atoms with Crippen molar-refractivity contribution in [1.29, 1.82) is 0 Å². The summed E-state index contributed by atoms with van der Waals surface area (Å²) in [6, 6.07) is 15.0. The van der Waals surface area contributed by atoms with Gasteiger partial charge in [0.1, 0.15) is 0 Å². The summed E-state index contributed by atoms with van der Waals surface area (Å²) in [4.78, 5) is 28.3. The minimum atomic E-state index is -0.365. The van der Waals surface area contributed by atoms with Gasteiger partial charge in [-0.3, -0.25) is 20.4 Å². The number of hydrogen-bond donors (Lipinski definition) is 2. The van der Waals surface area contributed by atoms with E-state index in [1.54, 1.807) is 12.1 Å². The smallest absolute Gasteiger partial charge is 0.269 e. The Morgan fingerprint density at radius 3 is 2.39 bits per heavy atom. The zero-order valence-corrected chi connectivity index (χ0v) is 15.9. The number of hydrazine groups is 1. The van der Waals surface area contributed by atoms with E-state index in [9.17, 15) is 9.59 Å². The second-order valence-electron chi connectivity index (χ2n) is 6.43. The quantitative estimate of drug-likeness (QED) is 0.643. The highest BCUT2D eigenvalue weighted by atomic mass is 16.5. The van der Waals surface area contributed by atoms with Crippen LogP contribution in [0.1, 0.15) is 40.7 Å². The van der Waals surface area contributed by atoms with Gasteiger partial charge in [0.2, 0.25) is 17.6 Å². The minimum absolute atomic E-state index is 0.116. The van der Waals surface area contributed by atoms with Crippen molar-refractivity contribution in [3.63, 3.8) is 0 Å². The molecule has 28 heavy (non-hydrogen) atoms. The van der Waals surface area contributed by atoms with Crippen LogP contribution < -0.4 is 10.9 Å². The van der Waals surface area contributed by atoms with Crippen LogP contribution in [0.2, 0.25) is 0 Å². The van der Waals surface area contributed by atoms with Crippen molar-refractivity contribution in [3.05, 3.63) is 71.1 Å². The highest BCUT2D eigenvalue weighted by Gasteiger charge is 2.12. The van der Waals surface area contributed by atoms with E-state index in [-0.39, 0.29) is 24.7 Å². The lowest BCUT2D eigenvalue weighted by molar-refractivity contribution is -0.121. The third kappa shape index (κ3) is 5.03. The summed E-state index contributed by atoms with van der Waals surface area (Å²) >= 11 is 0. The first kappa shape index (κ1) is 19.3. The van der Waals surface area contributed by atoms with Crippen LogP contribution in [0.5, 0.6) is 0 Å². The highest BCUT2D eigenvalue weighted by Crippen LogP contribution is 2.16. The number of benzene rings is 2. The Morgan fingerprint density at radius 2 is 1.71 bits per heavy atom. The van der Waals surface area contributed by atoms with Crippen molar-refractivity contribution in [2.45, 2.75) is 33.1 Å². The summed E-state index contributed by atoms with van der Waals surface area (Å²) < 4.78 is 5.19. The molecule has 0 aliphatic carbocycles. The van der Waals surface area contributed by atoms with Gasteiger partial charge in [-0.1, -0.05) is 54.0 Å². The number of hydrogen-bond acceptors (Lipinski definition) is 5. The topological polar surface area (TPSA) is 97.1 Å². The number of nitrogens with zero attached hydrogens (tertiary/aromatic N) is 2. The van der Waals surface area contributed by atoms with Gasteiger partial charge in [-0.05, 0) is 31.0 Å². The zero-order chi connectivity index (χ0) is 19.9. The number of carbonyl (C=O) groups excluding carboxylic acids is 2. The van der Waals surface area contributed by atoms with Crippen LogP contribution in [0, 0.1) is 6.92 Å². The van der Waals surface area contributed by atoms with Gasteiger partial charge in [-0.15, -0.1) is 0 Å². The Morgan fingerprint density at radius 1 is 1.00 bits per heavy atom. The van der Waals surface area contributed by atoms with Crippen molar-refractivity contribution in [3.8, 4) is 11.4 Å². The molecule has 0 bridgehead atoms. The largest absolute Gasteiger partial charge is 0.339 e. The van der Waals surface area contributed by atoms with Crippen molar-refractivity contribution < 1.29 is 14.1 Å². The molecule has 0 fully saturated rings. The fraction of sp³-hybridized carbons (Fsp3) is 0.238. The molecule has 0 atom stereocenters. The van der Waals surface area contributed by atoms with E-state index < -0.39 is 0 Å². The zero-order valence-electron chi connectivity index (χ0n) is 15.9. The fourth-order valence-corrected chi connectivity index (χ4v) is 2.55. The van der Waals surface area contributed by atoms with Crippen molar-refractivity contribution >= 4 is 11.8 Å². The molecule has 0 saturated carbocycles. The molecule has 3 aromatic rings. The van der Waals surface area contributed by atoms with Gasteiger partial charge >= 0.3 is 0 Å². The molecule has 2 N–H and O–H groups in total. The maximum Gasteiger partial charge on any atom is 0.269 e. The number of carbonyl (C=O) groups is 2. The standard InChI is InChI=1S/C21H22N4O3/c1-3-15-6-10-17(11-7-15)21(27)24-23-18(26)12-13-19-22-20(25-28-19)16-8-4-14(2)5-9-16/h4-11H,3,12-13H2,1-2H3,(H,23,26)(H,24,27). The molecule has 0 aliphatic heterocycles. The van der Waals surface area contributed by atoms with Gasteiger partial charge < -0.3 is 4.52 Å². The first-order valence-corrected chi connectivity index (χ1v) is 9.13. The lowest BCUT2D eigenvalue weighted by Gasteiger charge is -2.07. The number of aromatic nitrogens is 2. The van der Waals surface area contributed by atoms with Crippen LogP contribution in [-0.2, 0) is 17.6 Å². The maximum atomic E-state index is 12.0. The Kier molecular flexibility index (Phi) is 6.16. The Balaban J connectivity index is 1.46. The van der Waals surface area contributed by atoms with Crippen molar-refractivity contribution in [1.82, 2.24) is 21.0 Å². The molecule has 7 nitrogen and oxygen atoms in total. The summed E-state index contributed by atoms with van der Waals surface area (Å²) in [6.07, 6.45) is 1.30. The molecule has 0 unspecified atom stereocenters. The highest BCUT2D eigenvalue weighted by molar-refractivity contribution is 5.95. The van der Waals surface area contributed by atoms with Crippen LogP contribution >= 0.6 is 0 Å². The molecule has 0 radical (unpaired) electrons. The summed E-state index contributed by atoms with van der Waals surface area (Å²) in [6.45, 7) is 4.05. The van der Waals surface area contributed by atoms with Crippen LogP contribution in [0.4, 0.5) is 0 Å². The van der Waals surface area contributed by atoms with Gasteiger partial charge in [0.05, 0.1) is 0 Å². The number of nitrogens with one attached hydrogen (secondary N) is 2. The molecular weight excluding hydrogens is 356 g/mol. The molecule has 144 valence electrons. The molecule has 0 spiro atoms. The summed E-state index contributed by atoms with van der Waals surface area (Å²) in [5.41, 5.74) is 8.43. The van der Waals surface area contributed by atoms with Gasteiger partial charge in [0.25, 0.3) is 5.91 Å². The van der Waals surface area contributed by atoms with Crippen molar-refractivity contribution in [2.75, 3.05) is 0 Å². The predicted octanol–water partition coefficient (Wildman–Crippen LogP) is 3.00. The molecule has 1 heterocycles. The molecule has 0 aliphatic rings. The predicted molar refractivity (Wildman–Crippen MR) is 104 cm³/mol. The van der Waals surface area contributed by atoms with E-state index in [1.807, 2.05) is 50.2 Å². The van der Waals surface area contributed by atoms with Crippen LogP contribution in [-0.4, -0.2) is 22.0 Å². The average molecular weight is 378 g/mol. The number of aryl methyl sites for hydroxylation is 3. The Bertz CT molecular complexity index is 947. The van der Waals surface area contributed by atoms with Crippen LogP contribution in [0.25, 0.3) is 11.4 Å². The van der Waals surface area contributed by atoms with Gasteiger partial charge in [0, 0.05) is 24.0 Å². The van der Waals surface area contributed by atoms with E-state index in [0.717, 1.165) is 23.1 Å². The molecule has 3 rings (SSSR count). The maximum absolute atomic E-state index is 12.0. The third-order valence-corrected chi connectivity index (χ3v) is 4.28. The summed E-state index contributed by atoms with van der Waals surface area (Å²) in [5.74, 6) is 0.149. The first-order chi connectivity index (χ1) is 13.5. The molecule has 2 amide bonds. The third-order valence-electron chi connectivity index (χ3n) is 4.28. The van der Waals surface area contributed by atoms with E-state index in [0.29, 0.717) is 17.3 Å². The minimum Gasteiger partial charge on any atom is -0.339 e. The molecular formula is C21H22N4O3. The SMILES string of the molecule is CCc1ccc(C(=O)NNC(=O)CCc2nc(-c3ccc(C)cc3)no2)cc1. The van der Waals surface area contributed by atoms with Gasteiger partial charge in [-0.2, -0.15) is 4.98 Å².